The summed E-state index contributed by atoms with van der Waals surface area (Å²) in [4.78, 5) is 14.0. The lowest BCUT2D eigenvalue weighted by Crippen LogP contribution is -2.62. The van der Waals surface area contributed by atoms with Crippen molar-refractivity contribution in [3.05, 3.63) is 17.1 Å². The number of hydrogen-bond donors (Lipinski definition) is 1. The number of aryl methyl sites for hydroxylation is 2. The molecule has 0 aromatic carbocycles. The topological polar surface area (TPSA) is 61.7 Å². The maximum Gasteiger partial charge on any atom is 0.135 e. The third-order valence-corrected chi connectivity index (χ3v) is 6.19. The number of rotatable bonds is 4. The summed E-state index contributed by atoms with van der Waals surface area (Å²) in [6, 6.07) is 0. The fraction of sp³-hybridized carbons (Fsp3) is 0.800. The van der Waals surface area contributed by atoms with E-state index in [0.717, 1.165) is 76.1 Å². The van der Waals surface area contributed by atoms with Crippen molar-refractivity contribution in [2.45, 2.75) is 53.1 Å². The van der Waals surface area contributed by atoms with E-state index in [0.29, 0.717) is 0 Å². The molecule has 1 aromatic heterocycles. The molecule has 0 amide bonds. The average molecular weight is 363 g/mol. The molecule has 6 nitrogen and oxygen atoms in total. The Labute approximate surface area is 157 Å². The van der Waals surface area contributed by atoms with Crippen LogP contribution < -0.4 is 4.90 Å². The van der Waals surface area contributed by atoms with Gasteiger partial charge in [-0.1, -0.05) is 20.8 Å². The summed E-state index contributed by atoms with van der Waals surface area (Å²) in [5.74, 6) is 1.88. The number of anilines is 1. The minimum absolute atomic E-state index is 0.221. The number of hydrogen-bond acceptors (Lipinski definition) is 6. The van der Waals surface area contributed by atoms with Gasteiger partial charge in [-0.15, -0.1) is 0 Å². The molecule has 3 rings (SSSR count). The quantitative estimate of drug-likeness (QED) is 0.883. The van der Waals surface area contributed by atoms with Crippen molar-refractivity contribution in [1.82, 2.24) is 14.9 Å². The fourth-order valence-corrected chi connectivity index (χ4v) is 4.36. The van der Waals surface area contributed by atoms with Gasteiger partial charge in [0.05, 0.1) is 18.8 Å². The van der Waals surface area contributed by atoms with Crippen molar-refractivity contribution in [2.24, 2.45) is 5.41 Å². The summed E-state index contributed by atoms with van der Waals surface area (Å²) in [6.07, 6.45) is 1.68. The Hall–Kier alpha value is -1.24. The summed E-state index contributed by atoms with van der Waals surface area (Å²) in [5, 5.41) is 11.5. The van der Waals surface area contributed by atoms with Crippen LogP contribution in [0.15, 0.2) is 0 Å². The minimum atomic E-state index is -0.690. The van der Waals surface area contributed by atoms with E-state index in [1.807, 2.05) is 6.92 Å². The molecule has 26 heavy (non-hydrogen) atoms. The lowest BCUT2D eigenvalue weighted by Gasteiger charge is -2.52. The summed E-state index contributed by atoms with van der Waals surface area (Å²) in [7, 11) is 0. The zero-order valence-electron chi connectivity index (χ0n) is 17.0. The second-order valence-corrected chi connectivity index (χ2v) is 8.49. The molecular weight excluding hydrogens is 328 g/mol. The lowest BCUT2D eigenvalue weighted by molar-refractivity contribution is -0.111. The Morgan fingerprint density at radius 2 is 1.81 bits per heavy atom. The molecule has 0 saturated carbocycles. The molecule has 2 aliphatic rings. The predicted octanol–water partition coefficient (Wildman–Crippen LogP) is 1.96. The van der Waals surface area contributed by atoms with Crippen molar-refractivity contribution >= 4 is 5.82 Å². The smallest absolute Gasteiger partial charge is 0.135 e. The monoisotopic (exact) mass is 362 g/mol. The molecule has 0 radical (unpaired) electrons. The molecule has 2 fully saturated rings. The van der Waals surface area contributed by atoms with Crippen LogP contribution in [0.4, 0.5) is 5.82 Å². The number of ether oxygens (including phenoxy) is 1. The third kappa shape index (κ3) is 3.73. The Kier molecular flexibility index (Phi) is 5.56. The van der Waals surface area contributed by atoms with Gasteiger partial charge in [0.1, 0.15) is 11.6 Å². The van der Waals surface area contributed by atoms with Gasteiger partial charge >= 0.3 is 0 Å². The first-order valence-electron chi connectivity index (χ1n) is 9.87. The van der Waals surface area contributed by atoms with Crippen molar-refractivity contribution < 1.29 is 9.84 Å². The van der Waals surface area contributed by atoms with E-state index >= 15 is 0 Å². The fourth-order valence-electron chi connectivity index (χ4n) is 4.36. The van der Waals surface area contributed by atoms with E-state index in [2.05, 4.69) is 42.5 Å². The third-order valence-electron chi connectivity index (χ3n) is 6.19. The van der Waals surface area contributed by atoms with Gasteiger partial charge in [0.15, 0.2) is 0 Å². The molecule has 0 aliphatic carbocycles. The first-order valence-corrected chi connectivity index (χ1v) is 9.87. The molecule has 1 N–H and O–H groups in total. The zero-order valence-corrected chi connectivity index (χ0v) is 17.0. The van der Waals surface area contributed by atoms with Gasteiger partial charge in [-0.25, -0.2) is 9.97 Å². The maximum absolute atomic E-state index is 11.5. The van der Waals surface area contributed by atoms with Crippen LogP contribution in [0.3, 0.4) is 0 Å². The molecule has 1 atom stereocenters. The summed E-state index contributed by atoms with van der Waals surface area (Å²) in [6.45, 7) is 16.3. The number of aliphatic hydroxyl groups is 1. The van der Waals surface area contributed by atoms with Crippen molar-refractivity contribution in [2.75, 3.05) is 50.8 Å². The van der Waals surface area contributed by atoms with E-state index in [-0.39, 0.29) is 5.41 Å². The molecule has 0 unspecified atom stereocenters. The molecule has 6 heteroatoms. The number of nitrogens with zero attached hydrogens (tertiary/aromatic N) is 4. The molecule has 0 spiro atoms. The van der Waals surface area contributed by atoms with Crippen LogP contribution in [0.25, 0.3) is 0 Å². The average Bonchev–Trinajstić information content (AvgIpc) is 2.58. The first-order chi connectivity index (χ1) is 12.3. The molecule has 2 saturated heterocycles. The van der Waals surface area contributed by atoms with Crippen LogP contribution in [-0.4, -0.2) is 71.5 Å². The van der Waals surface area contributed by atoms with Crippen molar-refractivity contribution in [3.8, 4) is 0 Å². The highest BCUT2D eigenvalue weighted by Gasteiger charge is 2.49. The molecule has 1 aromatic rings. The molecule has 3 heterocycles. The normalized spacial score (nSPS) is 26.9. The second kappa shape index (κ2) is 7.41. The van der Waals surface area contributed by atoms with Gasteiger partial charge in [0.25, 0.3) is 0 Å². The van der Waals surface area contributed by atoms with Gasteiger partial charge in [-0.2, -0.15) is 0 Å². The number of aromatic nitrogens is 2. The highest BCUT2D eigenvalue weighted by atomic mass is 16.5. The van der Waals surface area contributed by atoms with E-state index in [9.17, 15) is 5.11 Å². The van der Waals surface area contributed by atoms with Crippen LogP contribution >= 0.6 is 0 Å². The Morgan fingerprint density at radius 3 is 2.42 bits per heavy atom. The van der Waals surface area contributed by atoms with E-state index in [4.69, 9.17) is 9.72 Å². The van der Waals surface area contributed by atoms with Gasteiger partial charge in [-0.05, 0) is 26.7 Å². The summed E-state index contributed by atoms with van der Waals surface area (Å²) < 4.78 is 5.45. The molecular formula is C20H34N4O2. The largest absolute Gasteiger partial charge is 0.388 e. The second-order valence-electron chi connectivity index (χ2n) is 8.49. The van der Waals surface area contributed by atoms with Gasteiger partial charge in [0.2, 0.25) is 0 Å². The van der Waals surface area contributed by atoms with Gasteiger partial charge in [0, 0.05) is 49.4 Å². The van der Waals surface area contributed by atoms with E-state index in [1.165, 1.54) is 5.56 Å². The summed E-state index contributed by atoms with van der Waals surface area (Å²) in [5.41, 5.74) is 1.39. The Balaban J connectivity index is 1.80. The number of morpholine rings is 1. The standard InChI is InChI=1S/C20H34N4O2/c1-6-17-15(2)21-16(3)22-18(17)24-8-7-20(25,19(4,5)13-24)14-23-9-11-26-12-10-23/h25H,6-14H2,1-5H3/t20-/m1/s1. The van der Waals surface area contributed by atoms with Gasteiger partial charge < -0.3 is 14.7 Å². The minimum Gasteiger partial charge on any atom is -0.388 e. The van der Waals surface area contributed by atoms with Crippen molar-refractivity contribution in [3.63, 3.8) is 0 Å². The number of β-amino-alcohol motifs (C(OH)–C–C–N with tert-alkyl or cyclic N) is 1. The van der Waals surface area contributed by atoms with Crippen molar-refractivity contribution in [1.29, 1.82) is 0 Å². The van der Waals surface area contributed by atoms with Crippen LogP contribution in [0.1, 0.15) is 44.3 Å². The van der Waals surface area contributed by atoms with Crippen LogP contribution in [0.5, 0.6) is 0 Å². The highest BCUT2D eigenvalue weighted by molar-refractivity contribution is 5.50. The maximum atomic E-state index is 11.5. The predicted molar refractivity (Wildman–Crippen MR) is 104 cm³/mol. The SMILES string of the molecule is CCc1c(C)nc(C)nc1N1CC[C@@](O)(CN2CCOCC2)C(C)(C)C1. The van der Waals surface area contributed by atoms with Crippen LogP contribution in [0.2, 0.25) is 0 Å². The Morgan fingerprint density at radius 1 is 1.12 bits per heavy atom. The molecule has 146 valence electrons. The number of piperidine rings is 1. The summed E-state index contributed by atoms with van der Waals surface area (Å²) >= 11 is 0. The van der Waals surface area contributed by atoms with Gasteiger partial charge in [-0.3, -0.25) is 4.90 Å². The van der Waals surface area contributed by atoms with Crippen LogP contribution in [0, 0.1) is 19.3 Å². The molecule has 0 bridgehead atoms. The first kappa shape index (κ1) is 19.5. The van der Waals surface area contributed by atoms with E-state index in [1.54, 1.807) is 0 Å². The highest BCUT2D eigenvalue weighted by Crippen LogP contribution is 2.41. The molecule has 2 aliphatic heterocycles. The lowest BCUT2D eigenvalue weighted by atomic mass is 9.69. The Bertz CT molecular complexity index is 643. The van der Waals surface area contributed by atoms with Crippen LogP contribution in [-0.2, 0) is 11.2 Å². The zero-order chi connectivity index (χ0) is 18.9. The van der Waals surface area contributed by atoms with E-state index < -0.39 is 5.60 Å².